The number of hydrogen-bond donors (Lipinski definition) is 1. The molecule has 7 nitrogen and oxygen atoms in total. The molecule has 0 aliphatic rings. The lowest BCUT2D eigenvalue weighted by Gasteiger charge is -2.01. The van der Waals surface area contributed by atoms with Gasteiger partial charge in [-0.3, -0.25) is 9.48 Å². The summed E-state index contributed by atoms with van der Waals surface area (Å²) in [5, 5.41) is 15.2. The minimum atomic E-state index is -0.251. The van der Waals surface area contributed by atoms with Gasteiger partial charge in [0, 0.05) is 18.7 Å². The summed E-state index contributed by atoms with van der Waals surface area (Å²) < 4.78 is 15.3. The Morgan fingerprint density at radius 1 is 1.28 bits per heavy atom. The Bertz CT molecular complexity index is 806. The summed E-state index contributed by atoms with van der Waals surface area (Å²) in [5.41, 5.74) is 1.00. The first-order chi connectivity index (χ1) is 12.2. The van der Waals surface area contributed by atoms with Crippen molar-refractivity contribution in [2.75, 3.05) is 5.32 Å². The zero-order valence-corrected chi connectivity index (χ0v) is 14.8. The number of anilines is 1. The Labute approximate surface area is 151 Å². The highest BCUT2D eigenvalue weighted by atomic mass is 32.2. The van der Waals surface area contributed by atoms with E-state index in [1.165, 1.54) is 41.6 Å². The summed E-state index contributed by atoms with van der Waals surface area (Å²) in [6, 6.07) is 6.34. The number of hydrogen-bond acceptors (Lipinski definition) is 7. The molecule has 0 atom stereocenters. The maximum absolute atomic E-state index is 12.9. The lowest BCUT2D eigenvalue weighted by atomic mass is 10.2. The minimum absolute atomic E-state index is 0.105. The molecule has 0 saturated heterocycles. The molecule has 2 heterocycles. The van der Waals surface area contributed by atoms with Crippen LogP contribution in [-0.4, -0.2) is 30.9 Å². The Balaban J connectivity index is 1.41. The van der Waals surface area contributed by atoms with Gasteiger partial charge in [-0.25, -0.2) is 9.37 Å². The number of halogens is 1. The number of thioether (sulfide) groups is 1. The second-order valence-electron chi connectivity index (χ2n) is 5.10. The summed E-state index contributed by atoms with van der Waals surface area (Å²) in [4.78, 5) is 15.7. The number of nitrogens with zero attached hydrogens (tertiary/aromatic N) is 5. The van der Waals surface area contributed by atoms with Gasteiger partial charge in [0.25, 0.3) is 0 Å². The third-order valence-corrected chi connectivity index (χ3v) is 5.23. The van der Waals surface area contributed by atoms with Crippen LogP contribution in [0.2, 0.25) is 0 Å². The Hall–Kier alpha value is -2.33. The second kappa shape index (κ2) is 8.67. The van der Waals surface area contributed by atoms with Gasteiger partial charge in [0.2, 0.25) is 11.0 Å². The molecule has 130 valence electrons. The van der Waals surface area contributed by atoms with Crippen LogP contribution in [0.5, 0.6) is 0 Å². The van der Waals surface area contributed by atoms with Crippen molar-refractivity contribution in [1.29, 1.82) is 0 Å². The zero-order chi connectivity index (χ0) is 17.5. The van der Waals surface area contributed by atoms with Gasteiger partial charge in [-0.15, -0.1) is 10.2 Å². The summed E-state index contributed by atoms with van der Waals surface area (Å²) >= 11 is 2.82. The van der Waals surface area contributed by atoms with Gasteiger partial charge in [-0.2, -0.15) is 5.10 Å². The van der Waals surface area contributed by atoms with Crippen molar-refractivity contribution in [2.45, 2.75) is 29.5 Å². The van der Waals surface area contributed by atoms with Crippen molar-refractivity contribution in [2.24, 2.45) is 0 Å². The fraction of sp³-hybridized carbons (Fsp3) is 0.267. The smallest absolute Gasteiger partial charge is 0.226 e. The largest absolute Gasteiger partial charge is 0.301 e. The first kappa shape index (κ1) is 17.5. The lowest BCUT2D eigenvalue weighted by molar-refractivity contribution is -0.116. The van der Waals surface area contributed by atoms with Crippen molar-refractivity contribution in [3.8, 4) is 0 Å². The predicted octanol–water partition coefficient (Wildman–Crippen LogP) is 2.98. The molecule has 0 aliphatic heterocycles. The molecule has 1 aromatic carbocycles. The average molecular weight is 378 g/mol. The van der Waals surface area contributed by atoms with Crippen LogP contribution in [-0.2, 0) is 17.1 Å². The molecule has 0 fully saturated rings. The second-order valence-corrected chi connectivity index (χ2v) is 7.30. The number of benzene rings is 1. The molecule has 3 aromatic rings. The van der Waals surface area contributed by atoms with E-state index in [1.807, 2.05) is 0 Å². The molecule has 3 rings (SSSR count). The Morgan fingerprint density at radius 3 is 2.88 bits per heavy atom. The van der Waals surface area contributed by atoms with E-state index in [0.717, 1.165) is 9.90 Å². The van der Waals surface area contributed by atoms with Crippen LogP contribution in [0.25, 0.3) is 0 Å². The van der Waals surface area contributed by atoms with E-state index < -0.39 is 0 Å². The van der Waals surface area contributed by atoms with Gasteiger partial charge < -0.3 is 5.32 Å². The maximum Gasteiger partial charge on any atom is 0.226 e. The van der Waals surface area contributed by atoms with Crippen LogP contribution in [0.1, 0.15) is 18.4 Å². The molecule has 2 aromatic heterocycles. The number of carbonyl (C=O) groups is 1. The van der Waals surface area contributed by atoms with Crippen LogP contribution < -0.4 is 5.32 Å². The monoisotopic (exact) mass is 378 g/mol. The summed E-state index contributed by atoms with van der Waals surface area (Å²) in [7, 11) is 0. The van der Waals surface area contributed by atoms with Crippen LogP contribution in [0.4, 0.5) is 9.52 Å². The third kappa shape index (κ3) is 5.61. The standard InChI is InChI=1S/C15H15FN6OS2/c16-12-5-3-11(4-6-12)8-24-15-21-20-14(25-15)19-13(23)2-1-7-22-10-17-9-18-22/h3-6,9-10H,1-2,7-8H2,(H,19,20,23). The topological polar surface area (TPSA) is 85.6 Å². The summed E-state index contributed by atoms with van der Waals surface area (Å²) in [6.07, 6.45) is 4.12. The maximum atomic E-state index is 12.9. The lowest BCUT2D eigenvalue weighted by Crippen LogP contribution is -2.12. The molecule has 0 spiro atoms. The predicted molar refractivity (Wildman–Crippen MR) is 93.8 cm³/mol. The third-order valence-electron chi connectivity index (χ3n) is 3.19. The highest BCUT2D eigenvalue weighted by molar-refractivity contribution is 8.00. The molecule has 1 N–H and O–H groups in total. The first-order valence-electron chi connectivity index (χ1n) is 7.52. The van der Waals surface area contributed by atoms with E-state index in [9.17, 15) is 9.18 Å². The van der Waals surface area contributed by atoms with Crippen molar-refractivity contribution in [3.63, 3.8) is 0 Å². The number of aromatic nitrogens is 5. The van der Waals surface area contributed by atoms with Crippen LogP contribution in [0.3, 0.4) is 0 Å². The van der Waals surface area contributed by atoms with Crippen molar-refractivity contribution in [3.05, 3.63) is 48.3 Å². The number of amides is 1. The van der Waals surface area contributed by atoms with Gasteiger partial charge in [-0.1, -0.05) is 35.2 Å². The number of carbonyl (C=O) groups excluding carboxylic acids is 1. The first-order valence-corrected chi connectivity index (χ1v) is 9.32. The molecule has 0 bridgehead atoms. The van der Waals surface area contributed by atoms with Gasteiger partial charge in [0.15, 0.2) is 4.34 Å². The van der Waals surface area contributed by atoms with E-state index in [-0.39, 0.29) is 11.7 Å². The fourth-order valence-corrected chi connectivity index (χ4v) is 3.70. The SMILES string of the molecule is O=C(CCCn1cncn1)Nc1nnc(SCc2ccc(F)cc2)s1. The number of nitrogens with one attached hydrogen (secondary N) is 1. The van der Waals surface area contributed by atoms with Crippen LogP contribution >= 0.6 is 23.1 Å². The van der Waals surface area contributed by atoms with E-state index >= 15 is 0 Å². The normalized spacial score (nSPS) is 10.8. The van der Waals surface area contributed by atoms with Gasteiger partial charge in [-0.05, 0) is 24.1 Å². The van der Waals surface area contributed by atoms with Crippen LogP contribution in [0.15, 0.2) is 41.3 Å². The molecular weight excluding hydrogens is 363 g/mol. The van der Waals surface area contributed by atoms with Gasteiger partial charge >= 0.3 is 0 Å². The molecular formula is C15H15FN6OS2. The molecule has 25 heavy (non-hydrogen) atoms. The number of rotatable bonds is 8. The number of aryl methyl sites for hydroxylation is 1. The molecule has 0 radical (unpaired) electrons. The van der Waals surface area contributed by atoms with Crippen LogP contribution in [0, 0.1) is 5.82 Å². The molecule has 10 heteroatoms. The fourth-order valence-electron chi connectivity index (χ4n) is 1.98. The highest BCUT2D eigenvalue weighted by Crippen LogP contribution is 2.28. The van der Waals surface area contributed by atoms with E-state index in [2.05, 4.69) is 25.6 Å². The van der Waals surface area contributed by atoms with E-state index in [1.54, 1.807) is 23.1 Å². The minimum Gasteiger partial charge on any atom is -0.301 e. The molecule has 0 saturated carbocycles. The molecule has 0 aliphatic carbocycles. The van der Waals surface area contributed by atoms with Gasteiger partial charge in [0.05, 0.1) is 0 Å². The van der Waals surface area contributed by atoms with E-state index in [4.69, 9.17) is 0 Å². The summed E-state index contributed by atoms with van der Waals surface area (Å²) in [5.74, 6) is 0.311. The zero-order valence-electron chi connectivity index (χ0n) is 13.1. The van der Waals surface area contributed by atoms with Crippen molar-refractivity contribution >= 4 is 34.1 Å². The highest BCUT2D eigenvalue weighted by Gasteiger charge is 2.09. The molecule has 1 amide bonds. The van der Waals surface area contributed by atoms with E-state index in [0.29, 0.717) is 30.3 Å². The molecule has 0 unspecified atom stereocenters. The Morgan fingerprint density at radius 2 is 2.12 bits per heavy atom. The Kier molecular flexibility index (Phi) is 6.07. The van der Waals surface area contributed by atoms with Crippen molar-refractivity contribution in [1.82, 2.24) is 25.0 Å². The average Bonchev–Trinajstić information content (AvgIpc) is 3.26. The van der Waals surface area contributed by atoms with Gasteiger partial charge in [0.1, 0.15) is 18.5 Å². The summed E-state index contributed by atoms with van der Waals surface area (Å²) in [6.45, 7) is 0.641. The quantitative estimate of drug-likeness (QED) is 0.479. The van der Waals surface area contributed by atoms with Crippen molar-refractivity contribution < 1.29 is 9.18 Å².